The molecule has 25 heavy (non-hydrogen) atoms. The Bertz CT molecular complexity index is 1200. The molecule has 1 heterocycles. The summed E-state index contributed by atoms with van der Waals surface area (Å²) >= 11 is 1.27. The molecule has 4 heteroatoms. The molecule has 120 valence electrons. The Morgan fingerprint density at radius 3 is 2.28 bits per heavy atom. The van der Waals surface area contributed by atoms with E-state index in [2.05, 4.69) is 80.8 Å². The summed E-state index contributed by atoms with van der Waals surface area (Å²) in [6.07, 6.45) is 0. The smallest absolute Gasteiger partial charge is 0.128 e. The molecule has 0 aliphatic heterocycles. The van der Waals surface area contributed by atoms with E-state index in [0.29, 0.717) is 0 Å². The topological polar surface area (TPSA) is 37.8 Å². The van der Waals surface area contributed by atoms with Gasteiger partial charge in [-0.1, -0.05) is 54.6 Å². The van der Waals surface area contributed by atoms with E-state index in [0.717, 1.165) is 28.7 Å². The van der Waals surface area contributed by atoms with Crippen molar-refractivity contribution < 1.29 is 0 Å². The second-order valence-electron chi connectivity index (χ2n) is 6.15. The molecule has 0 aliphatic rings. The van der Waals surface area contributed by atoms with Crippen molar-refractivity contribution in [3.63, 3.8) is 0 Å². The minimum absolute atomic E-state index is 0.770. The lowest BCUT2D eigenvalue weighted by Crippen LogP contribution is -2.00. The van der Waals surface area contributed by atoms with Crippen molar-refractivity contribution in [3.05, 3.63) is 78.4 Å². The summed E-state index contributed by atoms with van der Waals surface area (Å²) in [6.45, 7) is 0.770. The van der Waals surface area contributed by atoms with Gasteiger partial charge in [0, 0.05) is 11.9 Å². The predicted molar refractivity (Wildman–Crippen MR) is 106 cm³/mol. The van der Waals surface area contributed by atoms with Gasteiger partial charge in [-0.25, -0.2) is 0 Å². The van der Waals surface area contributed by atoms with Crippen LogP contribution in [0, 0.1) is 0 Å². The highest BCUT2D eigenvalue weighted by molar-refractivity contribution is 7.00. The third-order valence-electron chi connectivity index (χ3n) is 4.54. The minimum atomic E-state index is 0.770. The molecular formula is C21H15N3S. The summed E-state index contributed by atoms with van der Waals surface area (Å²) in [7, 11) is 0. The zero-order chi connectivity index (χ0) is 16.6. The van der Waals surface area contributed by atoms with Crippen LogP contribution in [-0.4, -0.2) is 8.75 Å². The number of hydrogen-bond acceptors (Lipinski definition) is 4. The van der Waals surface area contributed by atoms with Crippen molar-refractivity contribution in [3.8, 4) is 0 Å². The van der Waals surface area contributed by atoms with Crippen LogP contribution in [0.4, 0.5) is 5.69 Å². The average Bonchev–Trinajstić information content (AvgIpc) is 3.16. The van der Waals surface area contributed by atoms with Crippen molar-refractivity contribution in [2.45, 2.75) is 6.54 Å². The van der Waals surface area contributed by atoms with E-state index < -0.39 is 0 Å². The highest BCUT2D eigenvalue weighted by Crippen LogP contribution is 2.33. The summed E-state index contributed by atoms with van der Waals surface area (Å²) in [6, 6.07) is 25.5. The fraction of sp³-hybridized carbons (Fsp3) is 0.0476. The summed E-state index contributed by atoms with van der Waals surface area (Å²) in [5, 5.41) is 8.36. The van der Waals surface area contributed by atoms with E-state index in [1.54, 1.807) is 0 Å². The van der Waals surface area contributed by atoms with Crippen LogP contribution in [0.5, 0.6) is 0 Å². The van der Waals surface area contributed by atoms with Gasteiger partial charge in [0.1, 0.15) is 11.0 Å². The van der Waals surface area contributed by atoms with Crippen molar-refractivity contribution in [1.29, 1.82) is 0 Å². The molecule has 0 radical (unpaired) electrons. The Morgan fingerprint density at radius 1 is 0.720 bits per heavy atom. The molecule has 5 aromatic rings. The first kappa shape index (κ1) is 14.4. The third kappa shape index (κ3) is 2.51. The lowest BCUT2D eigenvalue weighted by Gasteiger charge is -2.10. The number of anilines is 1. The monoisotopic (exact) mass is 341 g/mol. The summed E-state index contributed by atoms with van der Waals surface area (Å²) in [4.78, 5) is 0. The lowest BCUT2D eigenvalue weighted by molar-refractivity contribution is 1.15. The van der Waals surface area contributed by atoms with Crippen molar-refractivity contribution in [2.24, 2.45) is 0 Å². The molecule has 0 amide bonds. The molecule has 5 rings (SSSR count). The second-order valence-corrected chi connectivity index (χ2v) is 6.67. The largest absolute Gasteiger partial charge is 0.379 e. The van der Waals surface area contributed by atoms with Crippen LogP contribution in [0.3, 0.4) is 0 Å². The predicted octanol–water partition coefficient (Wildman–Crippen LogP) is 5.61. The maximum Gasteiger partial charge on any atom is 0.128 e. The molecular weight excluding hydrogens is 326 g/mol. The van der Waals surface area contributed by atoms with Crippen LogP contribution < -0.4 is 5.32 Å². The van der Waals surface area contributed by atoms with Crippen molar-refractivity contribution in [2.75, 3.05) is 5.32 Å². The number of hydrogen-bond donors (Lipinski definition) is 1. The van der Waals surface area contributed by atoms with Gasteiger partial charge in [-0.15, -0.1) is 0 Å². The van der Waals surface area contributed by atoms with Gasteiger partial charge in [0.15, 0.2) is 0 Å². The maximum atomic E-state index is 4.56. The average molecular weight is 341 g/mol. The van der Waals surface area contributed by atoms with Gasteiger partial charge >= 0.3 is 0 Å². The standard InChI is InChI=1S/C21H15N3S/c1-2-6-14(7-3-1)13-22-19-12-17-10-15-8-4-5-9-16(15)11-18(17)20-21(19)24-25-23-20/h1-12,22H,13H2. The van der Waals surface area contributed by atoms with Gasteiger partial charge < -0.3 is 5.32 Å². The van der Waals surface area contributed by atoms with Crippen LogP contribution in [-0.2, 0) is 6.54 Å². The van der Waals surface area contributed by atoms with E-state index in [1.165, 1.54) is 33.5 Å². The molecule has 1 N–H and O–H groups in total. The van der Waals surface area contributed by atoms with Gasteiger partial charge in [0.25, 0.3) is 0 Å². The van der Waals surface area contributed by atoms with E-state index >= 15 is 0 Å². The van der Waals surface area contributed by atoms with Crippen LogP contribution in [0.25, 0.3) is 32.6 Å². The van der Waals surface area contributed by atoms with Gasteiger partial charge in [-0.3, -0.25) is 0 Å². The molecule has 3 nitrogen and oxygen atoms in total. The quantitative estimate of drug-likeness (QED) is 0.433. The van der Waals surface area contributed by atoms with Gasteiger partial charge in [0.05, 0.1) is 17.4 Å². The van der Waals surface area contributed by atoms with Gasteiger partial charge in [-0.2, -0.15) is 8.75 Å². The fourth-order valence-electron chi connectivity index (χ4n) is 3.28. The molecule has 1 aromatic heterocycles. The number of nitrogens with one attached hydrogen (secondary N) is 1. The zero-order valence-corrected chi connectivity index (χ0v) is 14.3. The second kappa shape index (κ2) is 5.83. The van der Waals surface area contributed by atoms with E-state index in [4.69, 9.17) is 0 Å². The first-order chi connectivity index (χ1) is 12.4. The fourth-order valence-corrected chi connectivity index (χ4v) is 3.85. The molecule has 0 aliphatic carbocycles. The summed E-state index contributed by atoms with van der Waals surface area (Å²) in [5.74, 6) is 0. The molecule has 0 atom stereocenters. The van der Waals surface area contributed by atoms with E-state index in [-0.39, 0.29) is 0 Å². The van der Waals surface area contributed by atoms with Crippen LogP contribution >= 0.6 is 11.7 Å². The summed E-state index contributed by atoms with van der Waals surface area (Å²) < 4.78 is 9.09. The van der Waals surface area contributed by atoms with E-state index in [1.807, 2.05) is 6.07 Å². The van der Waals surface area contributed by atoms with Crippen LogP contribution in [0.2, 0.25) is 0 Å². The number of rotatable bonds is 3. The Morgan fingerprint density at radius 2 is 1.44 bits per heavy atom. The Labute approximate surface area is 149 Å². The maximum absolute atomic E-state index is 4.56. The molecule has 0 unspecified atom stereocenters. The Balaban J connectivity index is 1.67. The molecule has 0 spiro atoms. The van der Waals surface area contributed by atoms with Gasteiger partial charge in [-0.05, 0) is 39.9 Å². The lowest BCUT2D eigenvalue weighted by atomic mass is 10.0. The Kier molecular flexibility index (Phi) is 3.35. The molecule has 0 fully saturated rings. The van der Waals surface area contributed by atoms with Gasteiger partial charge in [0.2, 0.25) is 0 Å². The highest BCUT2D eigenvalue weighted by atomic mass is 32.1. The Hall–Kier alpha value is -2.98. The number of benzene rings is 4. The van der Waals surface area contributed by atoms with Crippen LogP contribution in [0.1, 0.15) is 5.56 Å². The normalized spacial score (nSPS) is 11.4. The number of aromatic nitrogens is 2. The summed E-state index contributed by atoms with van der Waals surface area (Å²) in [5.41, 5.74) is 4.21. The number of nitrogens with zero attached hydrogens (tertiary/aromatic N) is 2. The van der Waals surface area contributed by atoms with E-state index in [9.17, 15) is 0 Å². The number of fused-ring (bicyclic) bond motifs is 4. The zero-order valence-electron chi connectivity index (χ0n) is 13.4. The SMILES string of the molecule is c1ccc(CNc2cc3cc4ccccc4cc3c3nsnc23)cc1. The minimum Gasteiger partial charge on any atom is -0.379 e. The van der Waals surface area contributed by atoms with Crippen LogP contribution in [0.15, 0.2) is 72.8 Å². The van der Waals surface area contributed by atoms with Crippen molar-refractivity contribution >= 4 is 50.0 Å². The first-order valence-electron chi connectivity index (χ1n) is 8.24. The molecule has 0 bridgehead atoms. The third-order valence-corrected chi connectivity index (χ3v) is 5.07. The van der Waals surface area contributed by atoms with Crippen molar-refractivity contribution in [1.82, 2.24) is 8.75 Å². The molecule has 0 saturated carbocycles. The highest BCUT2D eigenvalue weighted by Gasteiger charge is 2.11. The molecule has 4 aromatic carbocycles. The first-order valence-corrected chi connectivity index (χ1v) is 8.97. The molecule has 0 saturated heterocycles.